The molecule has 0 radical (unpaired) electrons. The van der Waals surface area contributed by atoms with Gasteiger partial charge < -0.3 is 5.32 Å². The second kappa shape index (κ2) is 6.46. The molecule has 3 aromatic rings. The van der Waals surface area contributed by atoms with Crippen molar-refractivity contribution in [2.75, 3.05) is 11.6 Å². The number of fused-ring (bicyclic) bond motifs is 1. The molecule has 0 bridgehead atoms. The van der Waals surface area contributed by atoms with Gasteiger partial charge in [-0.1, -0.05) is 35.0 Å². The van der Waals surface area contributed by atoms with E-state index >= 15 is 0 Å². The first-order valence-corrected chi connectivity index (χ1v) is 9.07. The van der Waals surface area contributed by atoms with Crippen molar-refractivity contribution >= 4 is 68.1 Å². The molecule has 7 heteroatoms. The minimum Gasteiger partial charge on any atom is -0.322 e. The molecule has 3 rings (SSSR count). The van der Waals surface area contributed by atoms with Crippen LogP contribution in [0.25, 0.3) is 10.2 Å². The second-order valence-electron chi connectivity index (χ2n) is 4.48. The zero-order chi connectivity index (χ0) is 15.7. The number of halogens is 2. The Bertz CT molecular complexity index is 844. The van der Waals surface area contributed by atoms with E-state index in [-0.39, 0.29) is 5.91 Å². The number of amides is 1. The number of thioether (sulfide) groups is 1. The van der Waals surface area contributed by atoms with Crippen molar-refractivity contribution in [1.29, 1.82) is 0 Å². The SMILES string of the molecule is CSc1nc2cc(NC(=O)c3cc(Cl)cc(Cl)c3)ccc2s1. The summed E-state index contributed by atoms with van der Waals surface area (Å²) >= 11 is 15.1. The van der Waals surface area contributed by atoms with E-state index in [9.17, 15) is 4.79 Å². The number of carbonyl (C=O) groups is 1. The Hall–Kier alpha value is -1.27. The first-order chi connectivity index (χ1) is 10.5. The summed E-state index contributed by atoms with van der Waals surface area (Å²) in [5, 5.41) is 3.69. The fraction of sp³-hybridized carbons (Fsp3) is 0.0667. The van der Waals surface area contributed by atoms with Crippen molar-refractivity contribution in [3.05, 3.63) is 52.0 Å². The summed E-state index contributed by atoms with van der Waals surface area (Å²) < 4.78 is 2.09. The van der Waals surface area contributed by atoms with Crippen LogP contribution in [0, 0.1) is 0 Å². The maximum atomic E-state index is 12.3. The van der Waals surface area contributed by atoms with Gasteiger partial charge in [-0.05, 0) is 42.7 Å². The lowest BCUT2D eigenvalue weighted by Crippen LogP contribution is -2.11. The highest BCUT2D eigenvalue weighted by atomic mass is 35.5. The Kier molecular flexibility index (Phi) is 4.59. The maximum Gasteiger partial charge on any atom is 0.255 e. The molecule has 0 fully saturated rings. The summed E-state index contributed by atoms with van der Waals surface area (Å²) in [4.78, 5) is 16.8. The highest BCUT2D eigenvalue weighted by molar-refractivity contribution is 8.00. The van der Waals surface area contributed by atoms with Gasteiger partial charge in [0.1, 0.15) is 0 Å². The topological polar surface area (TPSA) is 42.0 Å². The molecule has 1 aromatic heterocycles. The lowest BCUT2D eigenvalue weighted by atomic mass is 10.2. The smallest absolute Gasteiger partial charge is 0.255 e. The van der Waals surface area contributed by atoms with Crippen LogP contribution in [-0.4, -0.2) is 17.1 Å². The average Bonchev–Trinajstić information content (AvgIpc) is 2.88. The van der Waals surface area contributed by atoms with Crippen molar-refractivity contribution in [2.45, 2.75) is 4.34 Å². The normalized spacial score (nSPS) is 10.9. The molecule has 0 unspecified atom stereocenters. The molecule has 0 spiro atoms. The number of hydrogen-bond acceptors (Lipinski definition) is 4. The number of hydrogen-bond donors (Lipinski definition) is 1. The minimum absolute atomic E-state index is 0.260. The second-order valence-corrected chi connectivity index (χ2v) is 7.44. The summed E-state index contributed by atoms with van der Waals surface area (Å²) in [5.74, 6) is -0.260. The molecule has 0 aliphatic carbocycles. The van der Waals surface area contributed by atoms with Gasteiger partial charge in [-0.2, -0.15) is 0 Å². The van der Waals surface area contributed by atoms with Crippen LogP contribution in [0.3, 0.4) is 0 Å². The van der Waals surface area contributed by atoms with Crippen molar-refractivity contribution in [2.24, 2.45) is 0 Å². The third-order valence-electron chi connectivity index (χ3n) is 2.93. The Morgan fingerprint density at radius 2 is 1.91 bits per heavy atom. The van der Waals surface area contributed by atoms with Crippen LogP contribution in [0.4, 0.5) is 5.69 Å². The molecule has 0 saturated carbocycles. The third-order valence-corrected chi connectivity index (χ3v) is 5.38. The van der Waals surface area contributed by atoms with E-state index in [2.05, 4.69) is 10.3 Å². The minimum atomic E-state index is -0.260. The molecule has 22 heavy (non-hydrogen) atoms. The predicted molar refractivity (Wildman–Crippen MR) is 95.8 cm³/mol. The number of benzene rings is 2. The molecule has 1 heterocycles. The first kappa shape index (κ1) is 15.6. The molecular formula is C15H10Cl2N2OS2. The first-order valence-electron chi connectivity index (χ1n) is 6.27. The van der Waals surface area contributed by atoms with Crippen molar-refractivity contribution in [3.8, 4) is 0 Å². The zero-order valence-electron chi connectivity index (χ0n) is 11.4. The van der Waals surface area contributed by atoms with E-state index in [1.165, 1.54) is 0 Å². The molecule has 2 aromatic carbocycles. The van der Waals surface area contributed by atoms with E-state index in [0.717, 1.165) is 14.6 Å². The number of thiazole rings is 1. The molecule has 1 amide bonds. The fourth-order valence-corrected chi connectivity index (χ4v) is 3.96. The van der Waals surface area contributed by atoms with E-state index < -0.39 is 0 Å². The molecule has 112 valence electrons. The van der Waals surface area contributed by atoms with Crippen LogP contribution >= 0.6 is 46.3 Å². The van der Waals surface area contributed by atoms with E-state index in [4.69, 9.17) is 23.2 Å². The molecule has 3 nitrogen and oxygen atoms in total. The highest BCUT2D eigenvalue weighted by Gasteiger charge is 2.10. The molecule has 1 N–H and O–H groups in total. The third kappa shape index (κ3) is 3.38. The van der Waals surface area contributed by atoms with Gasteiger partial charge in [-0.15, -0.1) is 11.3 Å². The lowest BCUT2D eigenvalue weighted by Gasteiger charge is -2.06. The Labute approximate surface area is 145 Å². The zero-order valence-corrected chi connectivity index (χ0v) is 14.5. The predicted octanol–water partition coefficient (Wildman–Crippen LogP) is 5.58. The number of carbonyl (C=O) groups excluding carboxylic acids is 1. The van der Waals surface area contributed by atoms with Crippen molar-refractivity contribution < 1.29 is 4.79 Å². The highest BCUT2D eigenvalue weighted by Crippen LogP contribution is 2.30. The molecule has 0 aliphatic rings. The lowest BCUT2D eigenvalue weighted by molar-refractivity contribution is 0.102. The van der Waals surface area contributed by atoms with Crippen LogP contribution in [-0.2, 0) is 0 Å². The summed E-state index contributed by atoms with van der Waals surface area (Å²) in [6.07, 6.45) is 1.99. The van der Waals surface area contributed by atoms with Crippen molar-refractivity contribution in [3.63, 3.8) is 0 Å². The van der Waals surface area contributed by atoms with Gasteiger partial charge >= 0.3 is 0 Å². The van der Waals surface area contributed by atoms with Gasteiger partial charge in [0.05, 0.1) is 10.2 Å². The molecule has 0 aliphatic heterocycles. The van der Waals surface area contributed by atoms with Crippen LogP contribution in [0.1, 0.15) is 10.4 Å². The van der Waals surface area contributed by atoms with Gasteiger partial charge in [-0.25, -0.2) is 4.98 Å². The summed E-state index contributed by atoms with van der Waals surface area (Å²) in [6, 6.07) is 10.4. The Morgan fingerprint density at radius 3 is 2.59 bits per heavy atom. The standard InChI is InChI=1S/C15H10Cl2N2OS2/c1-21-15-19-12-7-11(2-3-13(12)22-15)18-14(20)8-4-9(16)6-10(17)5-8/h2-7H,1H3,(H,18,20). The van der Waals surface area contributed by atoms with E-state index in [1.54, 1.807) is 41.3 Å². The van der Waals surface area contributed by atoms with Gasteiger partial charge in [-0.3, -0.25) is 4.79 Å². The van der Waals surface area contributed by atoms with Crippen molar-refractivity contribution in [1.82, 2.24) is 4.98 Å². The quantitative estimate of drug-likeness (QED) is 0.613. The van der Waals surface area contributed by atoms with Gasteiger partial charge in [0, 0.05) is 21.3 Å². The maximum absolute atomic E-state index is 12.3. The van der Waals surface area contributed by atoms with E-state index in [1.807, 2.05) is 24.5 Å². The fourth-order valence-electron chi connectivity index (χ4n) is 1.96. The number of nitrogens with one attached hydrogen (secondary N) is 1. The van der Waals surface area contributed by atoms with Crippen LogP contribution in [0.5, 0.6) is 0 Å². The number of nitrogens with zero attached hydrogens (tertiary/aromatic N) is 1. The van der Waals surface area contributed by atoms with E-state index in [0.29, 0.717) is 21.3 Å². The molecular weight excluding hydrogens is 359 g/mol. The number of aromatic nitrogens is 1. The largest absolute Gasteiger partial charge is 0.322 e. The monoisotopic (exact) mass is 368 g/mol. The summed E-state index contributed by atoms with van der Waals surface area (Å²) in [7, 11) is 0. The molecule has 0 saturated heterocycles. The summed E-state index contributed by atoms with van der Waals surface area (Å²) in [6.45, 7) is 0. The number of rotatable bonds is 3. The molecule has 0 atom stereocenters. The Balaban J connectivity index is 1.87. The van der Waals surface area contributed by atoms with Gasteiger partial charge in [0.25, 0.3) is 5.91 Å². The number of anilines is 1. The van der Waals surface area contributed by atoms with Crippen LogP contribution in [0.2, 0.25) is 10.0 Å². The summed E-state index contributed by atoms with van der Waals surface area (Å²) in [5.41, 5.74) is 1.98. The van der Waals surface area contributed by atoms with Gasteiger partial charge in [0.2, 0.25) is 0 Å². The Morgan fingerprint density at radius 1 is 1.18 bits per heavy atom. The van der Waals surface area contributed by atoms with Crippen LogP contribution < -0.4 is 5.32 Å². The van der Waals surface area contributed by atoms with Gasteiger partial charge in [0.15, 0.2) is 4.34 Å². The average molecular weight is 369 g/mol. The van der Waals surface area contributed by atoms with Crippen LogP contribution in [0.15, 0.2) is 40.7 Å².